The van der Waals surface area contributed by atoms with Crippen molar-refractivity contribution >= 4 is 14.5 Å². The van der Waals surface area contributed by atoms with Gasteiger partial charge in [-0.2, -0.15) is 0 Å². The van der Waals surface area contributed by atoms with E-state index in [-0.39, 0.29) is 10.8 Å². The molecule has 22 heavy (non-hydrogen) atoms. The fraction of sp³-hybridized carbons (Fsp3) is 0.684. The van der Waals surface area contributed by atoms with Gasteiger partial charge in [-0.25, -0.2) is 0 Å². The SMILES string of the molecule is C[CH2][Al]([CH2]C)[O]c1c(C(C)(C)C)cc(OC)cc1C(C)(C)C. The Labute approximate surface area is 141 Å². The first-order valence-corrected chi connectivity index (χ1v) is 10.5. The van der Waals surface area contributed by atoms with E-state index in [0.717, 1.165) is 22.1 Å². The molecular formula is C19H33AlO2. The molecule has 0 fully saturated rings. The molecule has 0 atom stereocenters. The largest absolute Gasteiger partial charge is 0.642 e. The molecule has 0 amide bonds. The summed E-state index contributed by atoms with van der Waals surface area (Å²) in [6.07, 6.45) is 0. The predicted molar refractivity (Wildman–Crippen MR) is 97.7 cm³/mol. The summed E-state index contributed by atoms with van der Waals surface area (Å²) in [5.41, 5.74) is 2.58. The lowest BCUT2D eigenvalue weighted by Gasteiger charge is -2.32. The van der Waals surface area contributed by atoms with Gasteiger partial charge >= 0.3 is 14.5 Å². The van der Waals surface area contributed by atoms with Gasteiger partial charge in [0.1, 0.15) is 5.75 Å². The maximum Gasteiger partial charge on any atom is 0.546 e. The molecule has 1 aromatic carbocycles. The highest BCUT2D eigenvalue weighted by Crippen LogP contribution is 2.43. The van der Waals surface area contributed by atoms with Crippen LogP contribution in [0, 0.1) is 0 Å². The number of rotatable bonds is 5. The van der Waals surface area contributed by atoms with Crippen molar-refractivity contribution in [2.45, 2.75) is 76.8 Å². The lowest BCUT2D eigenvalue weighted by atomic mass is 9.79. The second-order valence-electron chi connectivity index (χ2n) is 8.11. The summed E-state index contributed by atoms with van der Waals surface area (Å²) in [7, 11) is 1.74. The number of hydrogen-bond donors (Lipinski definition) is 0. The molecule has 0 spiro atoms. The van der Waals surface area contributed by atoms with Crippen LogP contribution in [0.3, 0.4) is 0 Å². The molecule has 1 rings (SSSR count). The highest BCUT2D eigenvalue weighted by Gasteiger charge is 2.30. The minimum atomic E-state index is -1.18. The Morgan fingerprint density at radius 3 is 1.55 bits per heavy atom. The lowest BCUT2D eigenvalue weighted by molar-refractivity contribution is 0.405. The van der Waals surface area contributed by atoms with E-state index in [9.17, 15) is 0 Å². The molecule has 1 aromatic rings. The van der Waals surface area contributed by atoms with Crippen LogP contribution >= 0.6 is 0 Å². The van der Waals surface area contributed by atoms with Crippen molar-refractivity contribution in [2.75, 3.05) is 7.11 Å². The van der Waals surface area contributed by atoms with Crippen LogP contribution in [0.4, 0.5) is 0 Å². The second kappa shape index (κ2) is 7.28. The molecular weight excluding hydrogens is 287 g/mol. The third-order valence-electron chi connectivity index (χ3n) is 4.11. The molecule has 0 N–H and O–H groups in total. The predicted octanol–water partition coefficient (Wildman–Crippen LogP) is 5.70. The van der Waals surface area contributed by atoms with Crippen molar-refractivity contribution in [3.63, 3.8) is 0 Å². The average molecular weight is 320 g/mol. The Kier molecular flexibility index (Phi) is 6.42. The average Bonchev–Trinajstić information content (AvgIpc) is 2.41. The molecule has 2 nitrogen and oxygen atoms in total. The summed E-state index contributed by atoms with van der Waals surface area (Å²) in [6, 6.07) is 4.31. The molecule has 0 heterocycles. The summed E-state index contributed by atoms with van der Waals surface area (Å²) in [6.45, 7) is 18.0. The van der Waals surface area contributed by atoms with Gasteiger partial charge in [0.05, 0.1) is 12.9 Å². The van der Waals surface area contributed by atoms with Crippen molar-refractivity contribution in [1.29, 1.82) is 0 Å². The van der Waals surface area contributed by atoms with Crippen LogP contribution < -0.4 is 8.53 Å². The maximum atomic E-state index is 6.61. The normalized spacial score (nSPS) is 12.2. The summed E-state index contributed by atoms with van der Waals surface area (Å²) < 4.78 is 12.2. The van der Waals surface area contributed by atoms with Gasteiger partial charge in [-0.15, -0.1) is 0 Å². The summed E-state index contributed by atoms with van der Waals surface area (Å²) in [5.74, 6) is 2.04. The number of benzene rings is 1. The highest BCUT2D eigenvalue weighted by molar-refractivity contribution is 6.52. The van der Waals surface area contributed by atoms with E-state index >= 15 is 0 Å². The van der Waals surface area contributed by atoms with Crippen LogP contribution in [0.1, 0.15) is 66.5 Å². The van der Waals surface area contributed by atoms with Crippen molar-refractivity contribution in [3.05, 3.63) is 23.3 Å². The zero-order valence-corrected chi connectivity index (χ0v) is 17.1. The van der Waals surface area contributed by atoms with E-state index < -0.39 is 14.5 Å². The van der Waals surface area contributed by atoms with Crippen LogP contribution in [0.5, 0.6) is 11.5 Å². The first-order chi connectivity index (χ1) is 10.0. The van der Waals surface area contributed by atoms with Crippen LogP contribution in [0.2, 0.25) is 10.6 Å². The molecule has 0 aliphatic heterocycles. The smallest absolute Gasteiger partial charge is 0.546 e. The first-order valence-electron chi connectivity index (χ1n) is 8.44. The summed E-state index contributed by atoms with van der Waals surface area (Å²) in [5, 5.41) is 2.32. The molecule has 3 heteroatoms. The van der Waals surface area contributed by atoms with E-state index in [1.165, 1.54) is 11.1 Å². The molecule has 0 bridgehead atoms. The molecule has 0 radical (unpaired) electrons. The van der Waals surface area contributed by atoms with Gasteiger partial charge in [-0.05, 0) is 34.1 Å². The van der Waals surface area contributed by atoms with Gasteiger partial charge in [0.2, 0.25) is 0 Å². The number of ether oxygens (including phenoxy) is 1. The van der Waals surface area contributed by atoms with E-state index in [4.69, 9.17) is 8.53 Å². The quantitative estimate of drug-likeness (QED) is 0.648. The molecule has 124 valence electrons. The van der Waals surface area contributed by atoms with Crippen LogP contribution in [0.15, 0.2) is 12.1 Å². The summed E-state index contributed by atoms with van der Waals surface area (Å²) >= 11 is -1.18. The molecule has 0 aliphatic rings. The Hall–Kier alpha value is -0.648. The van der Waals surface area contributed by atoms with E-state index in [1.54, 1.807) is 7.11 Å². The topological polar surface area (TPSA) is 18.5 Å². The summed E-state index contributed by atoms with van der Waals surface area (Å²) in [4.78, 5) is 0. The minimum absolute atomic E-state index is 0.0320. The Morgan fingerprint density at radius 1 is 0.864 bits per heavy atom. The van der Waals surface area contributed by atoms with Gasteiger partial charge in [-0.3, -0.25) is 0 Å². The third kappa shape index (κ3) is 4.67. The standard InChI is InChI=1S/C15H24O2.2C2H5.Al/c1-14(2,3)11-8-10(17-7)9-12(13(11)16)15(4,5)6;2*1-2;/h8-9,16H,1-7H3;2*1H2,2H3;/q;;;+1/p-1. The third-order valence-corrected chi connectivity index (χ3v) is 6.50. The maximum absolute atomic E-state index is 6.61. The van der Waals surface area contributed by atoms with Gasteiger partial charge in [0, 0.05) is 0 Å². The first kappa shape index (κ1) is 19.4. The van der Waals surface area contributed by atoms with Crippen molar-refractivity contribution in [3.8, 4) is 11.5 Å². The zero-order chi connectivity index (χ0) is 17.1. The molecule has 0 saturated carbocycles. The van der Waals surface area contributed by atoms with Crippen LogP contribution in [0.25, 0.3) is 0 Å². The number of methoxy groups -OCH3 is 1. The van der Waals surface area contributed by atoms with E-state index in [1.807, 2.05) is 0 Å². The molecule has 0 unspecified atom stereocenters. The fourth-order valence-electron chi connectivity index (χ4n) is 2.58. The van der Waals surface area contributed by atoms with Crippen LogP contribution in [-0.2, 0) is 10.8 Å². The highest BCUT2D eigenvalue weighted by atomic mass is 27.2. The van der Waals surface area contributed by atoms with E-state index in [0.29, 0.717) is 0 Å². The lowest BCUT2D eigenvalue weighted by Crippen LogP contribution is -2.26. The van der Waals surface area contributed by atoms with Gasteiger partial charge < -0.3 is 8.53 Å². The number of hydrogen-bond acceptors (Lipinski definition) is 2. The van der Waals surface area contributed by atoms with Gasteiger partial charge in [-0.1, -0.05) is 66.0 Å². The molecule has 0 aliphatic carbocycles. The molecule has 0 aromatic heterocycles. The van der Waals surface area contributed by atoms with Crippen molar-refractivity contribution in [1.82, 2.24) is 0 Å². The Bertz CT molecular complexity index is 456. The zero-order valence-electron chi connectivity index (χ0n) is 16.0. The second-order valence-corrected chi connectivity index (χ2v) is 11.2. The molecule has 0 saturated heterocycles. The minimum Gasteiger partial charge on any atom is -0.642 e. The Balaban J connectivity index is 3.59. The van der Waals surface area contributed by atoms with Crippen molar-refractivity contribution < 1.29 is 8.53 Å². The van der Waals surface area contributed by atoms with E-state index in [2.05, 4.69) is 67.5 Å². The monoisotopic (exact) mass is 320 g/mol. The van der Waals surface area contributed by atoms with Gasteiger partial charge in [0.25, 0.3) is 0 Å². The van der Waals surface area contributed by atoms with Crippen molar-refractivity contribution in [2.24, 2.45) is 0 Å². The Morgan fingerprint density at radius 2 is 1.27 bits per heavy atom. The van der Waals surface area contributed by atoms with Gasteiger partial charge in [0.15, 0.2) is 0 Å². The fourth-order valence-corrected chi connectivity index (χ4v) is 4.08. The van der Waals surface area contributed by atoms with Crippen LogP contribution in [-0.4, -0.2) is 21.6 Å².